The normalized spacial score (nSPS) is 17.6. The van der Waals surface area contributed by atoms with Crippen LogP contribution in [0.3, 0.4) is 0 Å². The molecular formula is C26H24N4O2. The lowest BCUT2D eigenvalue weighted by molar-refractivity contribution is 0.0962. The Morgan fingerprint density at radius 3 is 2.31 bits per heavy atom. The van der Waals surface area contributed by atoms with Gasteiger partial charge in [-0.25, -0.2) is 4.68 Å². The van der Waals surface area contributed by atoms with E-state index in [2.05, 4.69) is 22.2 Å². The van der Waals surface area contributed by atoms with E-state index in [1.807, 2.05) is 78.3 Å². The summed E-state index contributed by atoms with van der Waals surface area (Å²) in [6, 6.07) is 25.6. The van der Waals surface area contributed by atoms with Crippen LogP contribution in [-0.2, 0) is 0 Å². The Hall–Kier alpha value is -3.93. The molecule has 6 heteroatoms. The van der Waals surface area contributed by atoms with E-state index in [0.717, 1.165) is 22.4 Å². The highest BCUT2D eigenvalue weighted by Crippen LogP contribution is 2.42. The Morgan fingerprint density at radius 2 is 1.59 bits per heavy atom. The molecule has 0 radical (unpaired) electrons. The zero-order valence-corrected chi connectivity index (χ0v) is 18.1. The monoisotopic (exact) mass is 424 g/mol. The number of rotatable bonds is 4. The van der Waals surface area contributed by atoms with Crippen LogP contribution in [0.4, 0.5) is 5.95 Å². The lowest BCUT2D eigenvalue weighted by atomic mass is 9.91. The maximum absolute atomic E-state index is 13.9. The number of fused-ring (bicyclic) bond motifs is 1. The Kier molecular flexibility index (Phi) is 5.19. The lowest BCUT2D eigenvalue weighted by Gasteiger charge is -2.39. The van der Waals surface area contributed by atoms with E-state index in [0.29, 0.717) is 17.9 Å². The second-order valence-electron chi connectivity index (χ2n) is 7.95. The smallest absolute Gasteiger partial charge is 0.261 e. The molecule has 2 atom stereocenters. The molecular weight excluding hydrogens is 400 g/mol. The molecule has 0 fully saturated rings. The summed E-state index contributed by atoms with van der Waals surface area (Å²) in [5.74, 6) is 1.26. The second kappa shape index (κ2) is 8.30. The van der Waals surface area contributed by atoms with Crippen molar-refractivity contribution in [2.24, 2.45) is 0 Å². The molecule has 0 aliphatic carbocycles. The van der Waals surface area contributed by atoms with Gasteiger partial charge in [0, 0.05) is 5.56 Å². The number of amides is 1. The molecule has 0 saturated heterocycles. The molecule has 0 saturated carbocycles. The topological polar surface area (TPSA) is 60.2 Å². The van der Waals surface area contributed by atoms with Crippen LogP contribution in [0.25, 0.3) is 0 Å². The van der Waals surface area contributed by atoms with Gasteiger partial charge in [-0.3, -0.25) is 9.69 Å². The van der Waals surface area contributed by atoms with Crippen molar-refractivity contribution < 1.29 is 9.53 Å². The van der Waals surface area contributed by atoms with Gasteiger partial charge in [-0.15, -0.1) is 0 Å². The van der Waals surface area contributed by atoms with Crippen molar-refractivity contribution in [1.82, 2.24) is 14.8 Å². The zero-order valence-electron chi connectivity index (χ0n) is 18.1. The van der Waals surface area contributed by atoms with Gasteiger partial charge in [0.1, 0.15) is 12.1 Å². The number of hydrogen-bond donors (Lipinski definition) is 0. The fourth-order valence-electron chi connectivity index (χ4n) is 4.43. The number of hydrogen-bond acceptors (Lipinski definition) is 4. The highest BCUT2D eigenvalue weighted by Gasteiger charge is 2.40. The van der Waals surface area contributed by atoms with Gasteiger partial charge < -0.3 is 4.74 Å². The standard InChI is InChI=1S/C26H24N4O2/c1-18-8-6-7-11-22(18)25(31)29-23(20-12-14-21(32-2)15-13-20)16-24(19-9-4-3-5-10-19)30-26(29)27-17-28-30/h3-15,17,23-24H,16H2,1-2H3/t23-,24+/m1/s1. The van der Waals surface area contributed by atoms with Crippen LogP contribution in [0.1, 0.15) is 45.6 Å². The van der Waals surface area contributed by atoms with Crippen LogP contribution < -0.4 is 9.64 Å². The van der Waals surface area contributed by atoms with Crippen molar-refractivity contribution in [3.63, 3.8) is 0 Å². The van der Waals surface area contributed by atoms with Crippen LogP contribution in [0, 0.1) is 6.92 Å². The van der Waals surface area contributed by atoms with Crippen LogP contribution in [0.15, 0.2) is 85.2 Å². The van der Waals surface area contributed by atoms with Gasteiger partial charge in [0.2, 0.25) is 5.95 Å². The summed E-state index contributed by atoms with van der Waals surface area (Å²) in [6.45, 7) is 1.96. The minimum Gasteiger partial charge on any atom is -0.497 e. The van der Waals surface area contributed by atoms with Crippen LogP contribution in [0.2, 0.25) is 0 Å². The maximum atomic E-state index is 13.9. The van der Waals surface area contributed by atoms with E-state index in [1.165, 1.54) is 6.33 Å². The summed E-state index contributed by atoms with van der Waals surface area (Å²) >= 11 is 0. The van der Waals surface area contributed by atoms with Crippen LogP contribution >= 0.6 is 0 Å². The van der Waals surface area contributed by atoms with E-state index in [4.69, 9.17) is 4.74 Å². The third-order valence-corrected chi connectivity index (χ3v) is 6.10. The van der Waals surface area contributed by atoms with E-state index >= 15 is 0 Å². The Bertz CT molecular complexity index is 1230. The molecule has 3 aromatic carbocycles. The first-order chi connectivity index (χ1) is 15.7. The first kappa shape index (κ1) is 20.0. The van der Waals surface area contributed by atoms with Gasteiger partial charge in [0.25, 0.3) is 5.91 Å². The lowest BCUT2D eigenvalue weighted by Crippen LogP contribution is -2.42. The Labute approximate surface area is 187 Å². The number of carbonyl (C=O) groups is 1. The molecule has 1 amide bonds. The van der Waals surface area contributed by atoms with Crippen LogP contribution in [0.5, 0.6) is 5.75 Å². The average molecular weight is 425 g/mol. The number of ether oxygens (including phenoxy) is 1. The van der Waals surface area contributed by atoms with Gasteiger partial charge in [-0.05, 0) is 48.2 Å². The van der Waals surface area contributed by atoms with Gasteiger partial charge >= 0.3 is 0 Å². The molecule has 4 aromatic rings. The quantitative estimate of drug-likeness (QED) is 0.464. The van der Waals surface area contributed by atoms with Gasteiger partial charge in [-0.1, -0.05) is 60.7 Å². The van der Waals surface area contributed by atoms with Crippen LogP contribution in [-0.4, -0.2) is 27.8 Å². The van der Waals surface area contributed by atoms with E-state index in [-0.39, 0.29) is 18.0 Å². The van der Waals surface area contributed by atoms with Crippen molar-refractivity contribution in [3.05, 3.63) is 107 Å². The first-order valence-corrected chi connectivity index (χ1v) is 10.6. The molecule has 5 rings (SSSR count). The number of aromatic nitrogens is 3. The fraction of sp³-hybridized carbons (Fsp3) is 0.192. The van der Waals surface area contributed by atoms with Crippen molar-refractivity contribution in [3.8, 4) is 5.75 Å². The molecule has 0 unspecified atom stereocenters. The molecule has 32 heavy (non-hydrogen) atoms. The minimum absolute atomic E-state index is 0.0262. The van der Waals surface area contributed by atoms with Gasteiger partial charge in [0.15, 0.2) is 0 Å². The minimum atomic E-state index is -0.199. The summed E-state index contributed by atoms with van der Waals surface area (Å²) in [4.78, 5) is 20.2. The Morgan fingerprint density at radius 1 is 0.906 bits per heavy atom. The SMILES string of the molecule is COc1ccc([C@H]2C[C@@H](c3ccccc3)n3ncnc3N2C(=O)c2ccccc2C)cc1. The largest absolute Gasteiger partial charge is 0.497 e. The molecule has 2 heterocycles. The predicted octanol–water partition coefficient (Wildman–Crippen LogP) is 4.98. The molecule has 1 aliphatic rings. The summed E-state index contributed by atoms with van der Waals surface area (Å²) in [5, 5.41) is 4.51. The summed E-state index contributed by atoms with van der Waals surface area (Å²) in [7, 11) is 1.65. The van der Waals surface area contributed by atoms with Gasteiger partial charge in [0.05, 0.1) is 19.2 Å². The predicted molar refractivity (Wildman–Crippen MR) is 123 cm³/mol. The molecule has 1 aliphatic heterocycles. The fourth-order valence-corrected chi connectivity index (χ4v) is 4.43. The molecule has 6 nitrogen and oxygen atoms in total. The average Bonchev–Trinajstić information content (AvgIpc) is 3.33. The molecule has 0 spiro atoms. The summed E-state index contributed by atoms with van der Waals surface area (Å²) in [5.41, 5.74) is 3.77. The Balaban J connectivity index is 1.65. The zero-order chi connectivity index (χ0) is 22.1. The molecule has 160 valence electrons. The van der Waals surface area contributed by atoms with Gasteiger partial charge in [-0.2, -0.15) is 10.1 Å². The summed E-state index contributed by atoms with van der Waals surface area (Å²) in [6.07, 6.45) is 2.21. The van der Waals surface area contributed by atoms with Crippen molar-refractivity contribution in [1.29, 1.82) is 0 Å². The van der Waals surface area contributed by atoms with Crippen molar-refractivity contribution >= 4 is 11.9 Å². The summed E-state index contributed by atoms with van der Waals surface area (Å²) < 4.78 is 7.21. The highest BCUT2D eigenvalue weighted by molar-refractivity contribution is 6.06. The number of aryl methyl sites for hydroxylation is 1. The van der Waals surface area contributed by atoms with E-state index in [1.54, 1.807) is 12.0 Å². The van der Waals surface area contributed by atoms with Crippen molar-refractivity contribution in [2.75, 3.05) is 12.0 Å². The second-order valence-corrected chi connectivity index (χ2v) is 7.95. The number of anilines is 1. The number of benzene rings is 3. The highest BCUT2D eigenvalue weighted by atomic mass is 16.5. The third kappa shape index (κ3) is 3.43. The number of methoxy groups -OCH3 is 1. The third-order valence-electron chi connectivity index (χ3n) is 6.10. The number of carbonyl (C=O) groups excluding carboxylic acids is 1. The molecule has 0 N–H and O–H groups in total. The first-order valence-electron chi connectivity index (χ1n) is 10.6. The number of nitrogens with zero attached hydrogens (tertiary/aromatic N) is 4. The molecule has 1 aromatic heterocycles. The van der Waals surface area contributed by atoms with Crippen molar-refractivity contribution in [2.45, 2.75) is 25.4 Å². The van der Waals surface area contributed by atoms with E-state index in [9.17, 15) is 4.79 Å². The molecule has 0 bridgehead atoms. The maximum Gasteiger partial charge on any atom is 0.261 e. The van der Waals surface area contributed by atoms with E-state index < -0.39 is 0 Å².